The van der Waals surface area contributed by atoms with E-state index in [1.54, 1.807) is 12.0 Å². The van der Waals surface area contributed by atoms with Crippen molar-refractivity contribution in [2.24, 2.45) is 0 Å². The molecule has 0 heterocycles. The quantitative estimate of drug-likeness (QED) is 0.273. The van der Waals surface area contributed by atoms with Crippen LogP contribution in [-0.2, 0) is 29.0 Å². The molecule has 5 nitrogen and oxygen atoms in total. The predicted octanol–water partition coefficient (Wildman–Crippen LogP) is 5.95. The lowest BCUT2D eigenvalue weighted by Crippen LogP contribution is -2.51. The summed E-state index contributed by atoms with van der Waals surface area (Å²) in [5.41, 5.74) is 3.05. The third kappa shape index (κ3) is 7.00. The number of amides is 2. The van der Waals surface area contributed by atoms with E-state index < -0.39 is 6.04 Å². The van der Waals surface area contributed by atoms with Crippen LogP contribution in [-0.4, -0.2) is 35.9 Å². The Hall–Kier alpha value is -4.12. The van der Waals surface area contributed by atoms with E-state index in [1.807, 2.05) is 86.6 Å². The maximum atomic E-state index is 13.9. The summed E-state index contributed by atoms with van der Waals surface area (Å²) in [6.45, 7) is 4.19. The fraction of sp³-hybridized carbons (Fsp3) is 0.273. The molecule has 5 heteroatoms. The molecule has 0 radical (unpaired) electrons. The standard InChI is InChI=1S/C33H36N2O3/c1-24(2)34-33(37)31(22-25-11-5-4-6-12-25)35(23-26-13-9-17-29(21-26)38-3)32(36)20-19-28-16-10-15-27-14-7-8-18-30(27)28/h4-18,21,24,31H,19-20,22-23H2,1-3H3,(H,34,37)/t31-/m1/s1. The molecule has 4 aromatic carbocycles. The van der Waals surface area contributed by atoms with Crippen LogP contribution in [0.25, 0.3) is 10.8 Å². The third-order valence-corrected chi connectivity index (χ3v) is 6.68. The van der Waals surface area contributed by atoms with Gasteiger partial charge >= 0.3 is 0 Å². The summed E-state index contributed by atoms with van der Waals surface area (Å²) in [5, 5.41) is 5.36. The van der Waals surface area contributed by atoms with Gasteiger partial charge in [-0.15, -0.1) is 0 Å². The highest BCUT2D eigenvalue weighted by atomic mass is 16.5. The average Bonchev–Trinajstić information content (AvgIpc) is 2.93. The number of ether oxygens (including phenoxy) is 1. The highest BCUT2D eigenvalue weighted by Gasteiger charge is 2.30. The molecule has 0 spiro atoms. The Balaban J connectivity index is 1.65. The van der Waals surface area contributed by atoms with Gasteiger partial charge in [0.1, 0.15) is 11.8 Å². The van der Waals surface area contributed by atoms with E-state index in [-0.39, 0.29) is 17.9 Å². The van der Waals surface area contributed by atoms with Crippen molar-refractivity contribution in [3.8, 4) is 5.75 Å². The number of aryl methyl sites for hydroxylation is 1. The second kappa shape index (κ2) is 12.9. The monoisotopic (exact) mass is 508 g/mol. The van der Waals surface area contributed by atoms with E-state index in [9.17, 15) is 9.59 Å². The van der Waals surface area contributed by atoms with Crippen LogP contribution in [0.5, 0.6) is 5.75 Å². The molecule has 1 atom stereocenters. The van der Waals surface area contributed by atoms with Gasteiger partial charge in [0, 0.05) is 25.4 Å². The molecule has 0 saturated carbocycles. The SMILES string of the molecule is COc1cccc(CN(C(=O)CCc2cccc3ccccc23)[C@H](Cc2ccccc2)C(=O)NC(C)C)c1. The van der Waals surface area contributed by atoms with E-state index >= 15 is 0 Å². The van der Waals surface area contributed by atoms with Crippen molar-refractivity contribution in [1.29, 1.82) is 0 Å². The van der Waals surface area contributed by atoms with Gasteiger partial charge in [0.2, 0.25) is 11.8 Å². The number of rotatable bonds is 11. The summed E-state index contributed by atoms with van der Waals surface area (Å²) in [6.07, 6.45) is 1.33. The lowest BCUT2D eigenvalue weighted by atomic mass is 9.99. The molecular formula is C33H36N2O3. The molecule has 0 aromatic heterocycles. The average molecular weight is 509 g/mol. The summed E-state index contributed by atoms with van der Waals surface area (Å²) in [6, 6.07) is 31.3. The van der Waals surface area contributed by atoms with Crippen molar-refractivity contribution in [1.82, 2.24) is 10.2 Å². The molecule has 4 aromatic rings. The highest BCUT2D eigenvalue weighted by molar-refractivity contribution is 5.89. The van der Waals surface area contributed by atoms with Crippen molar-refractivity contribution >= 4 is 22.6 Å². The minimum Gasteiger partial charge on any atom is -0.497 e. The smallest absolute Gasteiger partial charge is 0.243 e. The number of methoxy groups -OCH3 is 1. The number of nitrogens with one attached hydrogen (secondary N) is 1. The second-order valence-corrected chi connectivity index (χ2v) is 9.88. The number of fused-ring (bicyclic) bond motifs is 1. The van der Waals surface area contributed by atoms with Gasteiger partial charge in [-0.3, -0.25) is 9.59 Å². The van der Waals surface area contributed by atoms with E-state index in [1.165, 1.54) is 0 Å². The van der Waals surface area contributed by atoms with Gasteiger partial charge in [0.15, 0.2) is 0 Å². The molecule has 1 N–H and O–H groups in total. The minimum absolute atomic E-state index is 0.0368. The number of hydrogen-bond acceptors (Lipinski definition) is 3. The number of carbonyl (C=O) groups is 2. The molecule has 196 valence electrons. The first-order valence-corrected chi connectivity index (χ1v) is 13.2. The zero-order valence-corrected chi connectivity index (χ0v) is 22.4. The highest BCUT2D eigenvalue weighted by Crippen LogP contribution is 2.22. The van der Waals surface area contributed by atoms with Crippen LogP contribution in [0.1, 0.15) is 37.0 Å². The van der Waals surface area contributed by atoms with Crippen molar-refractivity contribution in [2.45, 2.75) is 51.7 Å². The molecule has 0 saturated heterocycles. The van der Waals surface area contributed by atoms with Crippen molar-refractivity contribution < 1.29 is 14.3 Å². The Labute approximate surface area is 225 Å². The van der Waals surface area contributed by atoms with E-state index in [0.29, 0.717) is 25.8 Å². The van der Waals surface area contributed by atoms with Crippen molar-refractivity contribution in [3.63, 3.8) is 0 Å². The maximum Gasteiger partial charge on any atom is 0.243 e. The molecule has 0 aliphatic carbocycles. The van der Waals surface area contributed by atoms with Crippen molar-refractivity contribution in [3.05, 3.63) is 114 Å². The summed E-state index contributed by atoms with van der Waals surface area (Å²) >= 11 is 0. The summed E-state index contributed by atoms with van der Waals surface area (Å²) in [7, 11) is 1.63. The Morgan fingerprint density at radius 1 is 0.842 bits per heavy atom. The molecule has 0 bridgehead atoms. The normalized spacial score (nSPS) is 11.8. The molecule has 0 fully saturated rings. The topological polar surface area (TPSA) is 58.6 Å². The summed E-state index contributed by atoms with van der Waals surface area (Å²) in [5.74, 6) is 0.516. The molecule has 4 rings (SSSR count). The third-order valence-electron chi connectivity index (χ3n) is 6.68. The van der Waals surface area contributed by atoms with Crippen molar-refractivity contribution in [2.75, 3.05) is 7.11 Å². The van der Waals surface area contributed by atoms with Gasteiger partial charge in [0.25, 0.3) is 0 Å². The first-order chi connectivity index (χ1) is 18.4. The van der Waals surface area contributed by atoms with E-state index in [4.69, 9.17) is 4.74 Å². The Kier molecular flexibility index (Phi) is 9.15. The Morgan fingerprint density at radius 2 is 1.53 bits per heavy atom. The fourth-order valence-corrected chi connectivity index (χ4v) is 4.80. The Bertz CT molecular complexity index is 1360. The lowest BCUT2D eigenvalue weighted by Gasteiger charge is -2.32. The maximum absolute atomic E-state index is 13.9. The van der Waals surface area contributed by atoms with Crippen LogP contribution in [0, 0.1) is 0 Å². The fourth-order valence-electron chi connectivity index (χ4n) is 4.80. The van der Waals surface area contributed by atoms with Crippen LogP contribution < -0.4 is 10.1 Å². The van der Waals surface area contributed by atoms with Crippen LogP contribution in [0.4, 0.5) is 0 Å². The van der Waals surface area contributed by atoms with Gasteiger partial charge < -0.3 is 15.0 Å². The van der Waals surface area contributed by atoms with Crippen LogP contribution in [0.3, 0.4) is 0 Å². The second-order valence-electron chi connectivity index (χ2n) is 9.88. The number of hydrogen-bond donors (Lipinski definition) is 1. The number of benzene rings is 4. The zero-order chi connectivity index (χ0) is 26.9. The molecule has 0 unspecified atom stereocenters. The van der Waals surface area contributed by atoms with Crippen LogP contribution in [0.2, 0.25) is 0 Å². The molecule has 38 heavy (non-hydrogen) atoms. The van der Waals surface area contributed by atoms with Crippen LogP contribution in [0.15, 0.2) is 97.1 Å². The largest absolute Gasteiger partial charge is 0.497 e. The first-order valence-electron chi connectivity index (χ1n) is 13.2. The number of nitrogens with zero attached hydrogens (tertiary/aromatic N) is 1. The predicted molar refractivity (Wildman–Crippen MR) is 153 cm³/mol. The van der Waals surface area contributed by atoms with Crippen LogP contribution >= 0.6 is 0 Å². The first kappa shape index (κ1) is 26.9. The lowest BCUT2D eigenvalue weighted by molar-refractivity contribution is -0.141. The van der Waals surface area contributed by atoms with Gasteiger partial charge in [-0.2, -0.15) is 0 Å². The molecule has 0 aliphatic heterocycles. The van der Waals surface area contributed by atoms with Gasteiger partial charge in [-0.25, -0.2) is 0 Å². The van der Waals surface area contributed by atoms with E-state index in [0.717, 1.165) is 33.2 Å². The van der Waals surface area contributed by atoms with Gasteiger partial charge in [-0.05, 0) is 59.9 Å². The number of carbonyl (C=O) groups excluding carboxylic acids is 2. The minimum atomic E-state index is -0.647. The van der Waals surface area contributed by atoms with Gasteiger partial charge in [0.05, 0.1) is 7.11 Å². The molecule has 0 aliphatic rings. The summed E-state index contributed by atoms with van der Waals surface area (Å²) in [4.78, 5) is 29.2. The van der Waals surface area contributed by atoms with Gasteiger partial charge in [-0.1, -0.05) is 84.9 Å². The summed E-state index contributed by atoms with van der Waals surface area (Å²) < 4.78 is 5.42. The van der Waals surface area contributed by atoms with E-state index in [2.05, 4.69) is 29.6 Å². The molecular weight excluding hydrogens is 472 g/mol. The zero-order valence-electron chi connectivity index (χ0n) is 22.4. The molecule has 2 amide bonds. The Morgan fingerprint density at radius 3 is 2.29 bits per heavy atom.